The molecular weight excluding hydrogens is 272 g/mol. The highest BCUT2D eigenvalue weighted by atomic mass is 35.5. The topological polar surface area (TPSA) is 35.0 Å². The average Bonchev–Trinajstić information content (AvgIpc) is 2.48. The van der Waals surface area contributed by atoms with Gasteiger partial charge in [-0.05, 0) is 30.7 Å². The van der Waals surface area contributed by atoms with Gasteiger partial charge in [0.25, 0.3) is 0 Å². The summed E-state index contributed by atoms with van der Waals surface area (Å²) >= 11 is 6.29. The number of hydrogen-bond donors (Lipinski definition) is 0. The van der Waals surface area contributed by atoms with E-state index in [0.29, 0.717) is 11.0 Å². The van der Waals surface area contributed by atoms with E-state index in [1.54, 1.807) is 7.11 Å². The van der Waals surface area contributed by atoms with Gasteiger partial charge in [-0.3, -0.25) is 0 Å². The minimum Gasteiger partial charge on any atom is -0.496 e. The van der Waals surface area contributed by atoms with Gasteiger partial charge in [-0.2, -0.15) is 0 Å². The van der Waals surface area contributed by atoms with Gasteiger partial charge in [-0.25, -0.2) is 9.97 Å². The molecule has 100 valence electrons. The lowest BCUT2D eigenvalue weighted by Crippen LogP contribution is -1.95. The summed E-state index contributed by atoms with van der Waals surface area (Å²) in [5.74, 6) is 1.31. The first-order chi connectivity index (χ1) is 9.70. The maximum absolute atomic E-state index is 6.29. The van der Waals surface area contributed by atoms with Crippen molar-refractivity contribution in [3.63, 3.8) is 0 Å². The highest BCUT2D eigenvalue weighted by Crippen LogP contribution is 2.31. The molecule has 0 amide bonds. The van der Waals surface area contributed by atoms with Crippen LogP contribution in [-0.4, -0.2) is 17.1 Å². The molecule has 3 aromatic rings. The fourth-order valence-corrected chi connectivity index (χ4v) is 2.44. The molecule has 0 aliphatic heterocycles. The van der Waals surface area contributed by atoms with E-state index in [-0.39, 0.29) is 0 Å². The molecule has 0 spiro atoms. The van der Waals surface area contributed by atoms with Crippen molar-refractivity contribution < 1.29 is 4.74 Å². The maximum Gasteiger partial charge on any atom is 0.165 e. The van der Waals surface area contributed by atoms with Crippen molar-refractivity contribution in [2.75, 3.05) is 7.11 Å². The Morgan fingerprint density at radius 2 is 1.80 bits per heavy atom. The van der Waals surface area contributed by atoms with E-state index in [0.717, 1.165) is 27.8 Å². The molecule has 0 radical (unpaired) electrons. The Kier molecular flexibility index (Phi) is 3.28. The van der Waals surface area contributed by atoms with Crippen LogP contribution in [0.1, 0.15) is 5.56 Å². The second kappa shape index (κ2) is 5.10. The summed E-state index contributed by atoms with van der Waals surface area (Å²) < 4.78 is 5.36. The lowest BCUT2D eigenvalue weighted by atomic mass is 10.1. The zero-order valence-electron chi connectivity index (χ0n) is 11.2. The number of para-hydroxylation sites is 2. The van der Waals surface area contributed by atoms with Gasteiger partial charge in [0.05, 0.1) is 18.2 Å². The number of hydrogen-bond acceptors (Lipinski definition) is 3. The second-order valence-electron chi connectivity index (χ2n) is 4.51. The summed E-state index contributed by atoms with van der Waals surface area (Å²) in [6, 6.07) is 13.5. The van der Waals surface area contributed by atoms with Gasteiger partial charge in [0.1, 0.15) is 10.9 Å². The van der Waals surface area contributed by atoms with Crippen molar-refractivity contribution in [2.45, 2.75) is 6.92 Å². The molecule has 1 aromatic heterocycles. The van der Waals surface area contributed by atoms with Crippen molar-refractivity contribution in [2.24, 2.45) is 0 Å². The molecule has 3 nitrogen and oxygen atoms in total. The van der Waals surface area contributed by atoms with Crippen molar-refractivity contribution in [3.05, 3.63) is 53.2 Å². The largest absolute Gasteiger partial charge is 0.496 e. The Bertz CT molecular complexity index is 787. The van der Waals surface area contributed by atoms with Crippen LogP contribution in [0.15, 0.2) is 42.5 Å². The number of aromatic nitrogens is 2. The first kappa shape index (κ1) is 12.9. The molecule has 0 fully saturated rings. The molecule has 0 bridgehead atoms. The number of fused-ring (bicyclic) bond motifs is 1. The molecular formula is C16H13ClN2O. The molecule has 0 unspecified atom stereocenters. The monoisotopic (exact) mass is 284 g/mol. The maximum atomic E-state index is 6.29. The summed E-state index contributed by atoms with van der Waals surface area (Å²) in [6.45, 7) is 2.01. The summed E-state index contributed by atoms with van der Waals surface area (Å²) in [6.07, 6.45) is 0. The van der Waals surface area contributed by atoms with Gasteiger partial charge >= 0.3 is 0 Å². The van der Waals surface area contributed by atoms with E-state index in [9.17, 15) is 0 Å². The summed E-state index contributed by atoms with van der Waals surface area (Å²) in [5, 5.41) is 1.32. The minimum absolute atomic E-state index is 0.458. The Morgan fingerprint density at radius 3 is 2.60 bits per heavy atom. The number of rotatable bonds is 2. The Balaban J connectivity index is 2.30. The van der Waals surface area contributed by atoms with Crippen molar-refractivity contribution >= 4 is 22.5 Å². The molecule has 0 aliphatic rings. The fraction of sp³-hybridized carbons (Fsp3) is 0.125. The molecule has 3 rings (SSSR count). The van der Waals surface area contributed by atoms with E-state index < -0.39 is 0 Å². The van der Waals surface area contributed by atoms with Gasteiger partial charge in [0, 0.05) is 5.39 Å². The van der Waals surface area contributed by atoms with E-state index in [1.165, 1.54) is 0 Å². The lowest BCUT2D eigenvalue weighted by molar-refractivity contribution is 0.416. The van der Waals surface area contributed by atoms with E-state index in [4.69, 9.17) is 16.3 Å². The summed E-state index contributed by atoms with van der Waals surface area (Å²) in [5.41, 5.74) is 2.78. The number of benzene rings is 2. The van der Waals surface area contributed by atoms with Crippen LogP contribution in [-0.2, 0) is 0 Å². The van der Waals surface area contributed by atoms with Crippen LogP contribution in [0.4, 0.5) is 0 Å². The molecule has 4 heteroatoms. The zero-order chi connectivity index (χ0) is 14.1. The smallest absolute Gasteiger partial charge is 0.165 e. The third kappa shape index (κ3) is 2.10. The number of halogens is 1. The predicted octanol–water partition coefficient (Wildman–Crippen LogP) is 4.27. The van der Waals surface area contributed by atoms with E-state index in [1.807, 2.05) is 49.4 Å². The normalized spacial score (nSPS) is 10.8. The van der Waals surface area contributed by atoms with E-state index in [2.05, 4.69) is 9.97 Å². The van der Waals surface area contributed by atoms with Gasteiger partial charge < -0.3 is 4.74 Å². The molecule has 0 N–H and O–H groups in total. The minimum atomic E-state index is 0.458. The first-order valence-electron chi connectivity index (χ1n) is 6.27. The molecule has 0 saturated carbocycles. The zero-order valence-corrected chi connectivity index (χ0v) is 12.0. The SMILES string of the molecule is COc1ccccc1-c1nc(Cl)c2cccc(C)c2n1. The van der Waals surface area contributed by atoms with Crippen molar-refractivity contribution in [1.82, 2.24) is 9.97 Å². The van der Waals surface area contributed by atoms with Crippen LogP contribution in [0.5, 0.6) is 5.75 Å². The number of ether oxygens (including phenoxy) is 1. The van der Waals surface area contributed by atoms with Crippen molar-refractivity contribution in [1.29, 1.82) is 0 Å². The van der Waals surface area contributed by atoms with Gasteiger partial charge in [-0.1, -0.05) is 35.9 Å². The Morgan fingerprint density at radius 1 is 1.00 bits per heavy atom. The molecule has 2 aromatic carbocycles. The highest BCUT2D eigenvalue weighted by Gasteiger charge is 2.12. The van der Waals surface area contributed by atoms with Crippen LogP contribution >= 0.6 is 11.6 Å². The third-order valence-electron chi connectivity index (χ3n) is 3.23. The molecule has 0 saturated heterocycles. The average molecular weight is 285 g/mol. The van der Waals surface area contributed by atoms with Gasteiger partial charge in [-0.15, -0.1) is 0 Å². The lowest BCUT2D eigenvalue weighted by Gasteiger charge is -2.09. The quantitative estimate of drug-likeness (QED) is 0.659. The second-order valence-corrected chi connectivity index (χ2v) is 4.87. The van der Waals surface area contributed by atoms with Crippen LogP contribution in [0.3, 0.4) is 0 Å². The van der Waals surface area contributed by atoms with Gasteiger partial charge in [0.15, 0.2) is 5.82 Å². The summed E-state index contributed by atoms with van der Waals surface area (Å²) in [4.78, 5) is 9.03. The first-order valence-corrected chi connectivity index (χ1v) is 6.65. The predicted molar refractivity (Wildman–Crippen MR) is 81.3 cm³/mol. The van der Waals surface area contributed by atoms with Crippen LogP contribution in [0.25, 0.3) is 22.3 Å². The van der Waals surface area contributed by atoms with Gasteiger partial charge in [0.2, 0.25) is 0 Å². The van der Waals surface area contributed by atoms with E-state index >= 15 is 0 Å². The van der Waals surface area contributed by atoms with Crippen LogP contribution in [0, 0.1) is 6.92 Å². The van der Waals surface area contributed by atoms with Crippen LogP contribution in [0.2, 0.25) is 5.15 Å². The number of methoxy groups -OCH3 is 1. The Labute approximate surface area is 122 Å². The standard InChI is InChI=1S/C16H13ClN2O/c1-10-6-5-8-12-14(10)18-16(19-15(12)17)11-7-3-4-9-13(11)20-2/h3-9H,1-2H3. The molecule has 0 aliphatic carbocycles. The Hall–Kier alpha value is -2.13. The summed E-state index contributed by atoms with van der Waals surface area (Å²) in [7, 11) is 1.63. The third-order valence-corrected chi connectivity index (χ3v) is 3.52. The fourth-order valence-electron chi connectivity index (χ4n) is 2.21. The molecule has 1 heterocycles. The van der Waals surface area contributed by atoms with Crippen molar-refractivity contribution in [3.8, 4) is 17.1 Å². The van der Waals surface area contributed by atoms with Crippen LogP contribution < -0.4 is 4.74 Å². The highest BCUT2D eigenvalue weighted by molar-refractivity contribution is 6.34. The molecule has 0 atom stereocenters. The number of nitrogens with zero attached hydrogens (tertiary/aromatic N) is 2. The number of aryl methyl sites for hydroxylation is 1. The molecule has 20 heavy (non-hydrogen) atoms.